The van der Waals surface area contributed by atoms with Crippen molar-refractivity contribution in [1.82, 2.24) is 10.3 Å². The topological polar surface area (TPSA) is 85.1 Å². The second-order valence-corrected chi connectivity index (χ2v) is 6.19. The van der Waals surface area contributed by atoms with Gasteiger partial charge in [0, 0.05) is 28.3 Å². The molecule has 0 atom stereocenters. The highest BCUT2D eigenvalue weighted by molar-refractivity contribution is 7.85. The fourth-order valence-electron chi connectivity index (χ4n) is 1.98. The maximum Gasteiger partial charge on any atom is 0.253 e. The second kappa shape index (κ2) is 5.48. The first-order valence-corrected chi connectivity index (χ1v) is 7.43. The van der Waals surface area contributed by atoms with Crippen LogP contribution in [0, 0.1) is 6.92 Å². The lowest BCUT2D eigenvalue weighted by Gasteiger charge is -2.22. The van der Waals surface area contributed by atoms with E-state index in [0.29, 0.717) is 28.5 Å². The molecule has 1 amide bonds. The number of nitrogens with zero attached hydrogens (tertiary/aromatic N) is 1. The summed E-state index contributed by atoms with van der Waals surface area (Å²) in [6.07, 6.45) is 3.08. The summed E-state index contributed by atoms with van der Waals surface area (Å²) >= 11 is 0. The van der Waals surface area contributed by atoms with Crippen LogP contribution in [0.25, 0.3) is 0 Å². The number of pyridine rings is 1. The molecule has 1 aromatic rings. The lowest BCUT2D eigenvalue weighted by molar-refractivity contribution is 0.0933. The average Bonchev–Trinajstić information content (AvgIpc) is 2.35. The lowest BCUT2D eigenvalue weighted by Crippen LogP contribution is -2.39. The number of carbonyl (C=O) groups excluding carboxylic acids is 1. The number of rotatable bonds is 2. The molecule has 0 bridgehead atoms. The van der Waals surface area contributed by atoms with Crippen LogP contribution in [0.5, 0.6) is 0 Å². The first-order chi connectivity index (χ1) is 8.56. The van der Waals surface area contributed by atoms with Crippen LogP contribution in [0.2, 0.25) is 0 Å². The molecule has 0 radical (unpaired) electrons. The normalized spacial score (nSPS) is 23.6. The maximum atomic E-state index is 12.1. The van der Waals surface area contributed by atoms with Crippen molar-refractivity contribution in [3.63, 3.8) is 0 Å². The van der Waals surface area contributed by atoms with Crippen LogP contribution in [-0.4, -0.2) is 32.6 Å². The Hall–Kier alpha value is -1.43. The lowest BCUT2D eigenvalue weighted by atomic mass is 10.1. The van der Waals surface area contributed by atoms with Crippen molar-refractivity contribution < 1.29 is 9.00 Å². The van der Waals surface area contributed by atoms with Gasteiger partial charge in [-0.25, -0.2) is 0 Å². The molecule has 2 heterocycles. The largest absolute Gasteiger partial charge is 0.397 e. The van der Waals surface area contributed by atoms with Gasteiger partial charge in [-0.1, -0.05) is 0 Å². The molecule has 0 saturated carbocycles. The average molecular weight is 267 g/mol. The number of hydrogen-bond donors (Lipinski definition) is 2. The summed E-state index contributed by atoms with van der Waals surface area (Å²) in [5.41, 5.74) is 7.30. The molecule has 2 rings (SSSR count). The van der Waals surface area contributed by atoms with E-state index in [1.807, 2.05) is 0 Å². The summed E-state index contributed by atoms with van der Waals surface area (Å²) in [6, 6.07) is 1.74. The number of nitrogens with two attached hydrogens (primary N) is 1. The third-order valence-electron chi connectivity index (χ3n) is 3.08. The van der Waals surface area contributed by atoms with Gasteiger partial charge in [-0.3, -0.25) is 14.0 Å². The van der Waals surface area contributed by atoms with Crippen molar-refractivity contribution in [1.29, 1.82) is 0 Å². The first kappa shape index (κ1) is 13.0. The first-order valence-electron chi connectivity index (χ1n) is 5.94. The molecule has 1 fully saturated rings. The van der Waals surface area contributed by atoms with Gasteiger partial charge in [-0.2, -0.15) is 0 Å². The molecule has 1 aliphatic rings. The SMILES string of the molecule is Cc1ncc(N)cc1C(=O)NC1CCS(=O)CC1. The molecule has 1 aliphatic heterocycles. The van der Waals surface area contributed by atoms with Crippen LogP contribution >= 0.6 is 0 Å². The molecule has 1 aromatic heterocycles. The van der Waals surface area contributed by atoms with Gasteiger partial charge in [0.15, 0.2) is 0 Å². The molecule has 0 aromatic carbocycles. The molecular weight excluding hydrogens is 250 g/mol. The van der Waals surface area contributed by atoms with Crippen molar-refractivity contribution in [2.75, 3.05) is 17.2 Å². The summed E-state index contributed by atoms with van der Waals surface area (Å²) in [4.78, 5) is 16.2. The predicted molar refractivity (Wildman–Crippen MR) is 71.8 cm³/mol. The molecule has 0 aliphatic carbocycles. The van der Waals surface area contributed by atoms with Crippen LogP contribution in [0.4, 0.5) is 5.69 Å². The Labute approximate surface area is 109 Å². The van der Waals surface area contributed by atoms with Crippen molar-refractivity contribution in [2.24, 2.45) is 0 Å². The van der Waals surface area contributed by atoms with Crippen molar-refractivity contribution in [2.45, 2.75) is 25.8 Å². The summed E-state index contributed by atoms with van der Waals surface area (Å²) in [5.74, 6) is 1.18. The third kappa shape index (κ3) is 3.07. The minimum Gasteiger partial charge on any atom is -0.397 e. The van der Waals surface area contributed by atoms with Gasteiger partial charge in [-0.05, 0) is 25.8 Å². The monoisotopic (exact) mass is 267 g/mol. The maximum absolute atomic E-state index is 12.1. The van der Waals surface area contributed by atoms with E-state index in [2.05, 4.69) is 10.3 Å². The van der Waals surface area contributed by atoms with Gasteiger partial charge in [0.2, 0.25) is 0 Å². The molecule has 0 unspecified atom stereocenters. The summed E-state index contributed by atoms with van der Waals surface area (Å²) in [7, 11) is -0.712. The molecule has 5 nitrogen and oxygen atoms in total. The minimum absolute atomic E-state index is 0.107. The van der Waals surface area contributed by atoms with E-state index >= 15 is 0 Å². The number of carbonyl (C=O) groups is 1. The Morgan fingerprint density at radius 1 is 1.50 bits per heavy atom. The van der Waals surface area contributed by atoms with Crippen LogP contribution in [0.3, 0.4) is 0 Å². The Bertz CT molecular complexity index is 480. The van der Waals surface area contributed by atoms with Crippen molar-refractivity contribution >= 4 is 22.4 Å². The molecule has 6 heteroatoms. The van der Waals surface area contributed by atoms with E-state index in [0.717, 1.165) is 12.8 Å². The number of anilines is 1. The Kier molecular flexibility index (Phi) is 3.96. The zero-order chi connectivity index (χ0) is 13.1. The highest BCUT2D eigenvalue weighted by atomic mass is 32.2. The number of hydrogen-bond acceptors (Lipinski definition) is 4. The summed E-state index contributed by atoms with van der Waals surface area (Å²) in [6.45, 7) is 1.78. The quantitative estimate of drug-likeness (QED) is 0.822. The van der Waals surface area contributed by atoms with E-state index in [-0.39, 0.29) is 11.9 Å². The number of nitrogens with one attached hydrogen (secondary N) is 1. The molecule has 98 valence electrons. The number of nitrogen functional groups attached to an aromatic ring is 1. The number of aryl methyl sites for hydroxylation is 1. The zero-order valence-corrected chi connectivity index (χ0v) is 11.1. The predicted octanol–water partition coefficient (Wildman–Crippen LogP) is 0.613. The highest BCUT2D eigenvalue weighted by Crippen LogP contribution is 2.13. The van der Waals surface area contributed by atoms with E-state index in [4.69, 9.17) is 5.73 Å². The van der Waals surface area contributed by atoms with Crippen LogP contribution < -0.4 is 11.1 Å². The van der Waals surface area contributed by atoms with Crippen LogP contribution in [0.15, 0.2) is 12.3 Å². The third-order valence-corrected chi connectivity index (χ3v) is 4.46. The van der Waals surface area contributed by atoms with E-state index < -0.39 is 10.8 Å². The van der Waals surface area contributed by atoms with Crippen LogP contribution in [0.1, 0.15) is 28.9 Å². The van der Waals surface area contributed by atoms with Gasteiger partial charge in [0.25, 0.3) is 5.91 Å². The minimum atomic E-state index is -0.712. The molecule has 18 heavy (non-hydrogen) atoms. The van der Waals surface area contributed by atoms with E-state index in [1.54, 1.807) is 13.0 Å². The fraction of sp³-hybridized carbons (Fsp3) is 0.500. The molecule has 0 spiro atoms. The highest BCUT2D eigenvalue weighted by Gasteiger charge is 2.21. The molecule has 3 N–H and O–H groups in total. The van der Waals surface area contributed by atoms with Crippen LogP contribution in [-0.2, 0) is 10.8 Å². The van der Waals surface area contributed by atoms with Gasteiger partial charge >= 0.3 is 0 Å². The Balaban J connectivity index is 2.03. The number of amides is 1. The smallest absolute Gasteiger partial charge is 0.253 e. The zero-order valence-electron chi connectivity index (χ0n) is 10.3. The van der Waals surface area contributed by atoms with Gasteiger partial charge < -0.3 is 11.1 Å². The summed E-state index contributed by atoms with van der Waals surface area (Å²) in [5, 5.41) is 2.95. The van der Waals surface area contributed by atoms with E-state index in [1.165, 1.54) is 6.20 Å². The second-order valence-electron chi connectivity index (χ2n) is 4.50. The Morgan fingerprint density at radius 2 is 2.17 bits per heavy atom. The standard InChI is InChI=1S/C12H17N3O2S/c1-8-11(6-9(13)7-14-8)12(16)15-10-2-4-18(17)5-3-10/h6-7,10H,2-5,13H2,1H3,(H,15,16). The van der Waals surface area contributed by atoms with E-state index in [9.17, 15) is 9.00 Å². The van der Waals surface area contributed by atoms with Gasteiger partial charge in [0.05, 0.1) is 23.1 Å². The molecular formula is C12H17N3O2S. The Morgan fingerprint density at radius 3 is 2.83 bits per heavy atom. The van der Waals surface area contributed by atoms with Crippen molar-refractivity contribution in [3.05, 3.63) is 23.5 Å². The number of aromatic nitrogens is 1. The van der Waals surface area contributed by atoms with Crippen molar-refractivity contribution in [3.8, 4) is 0 Å². The van der Waals surface area contributed by atoms with Gasteiger partial charge in [-0.15, -0.1) is 0 Å². The van der Waals surface area contributed by atoms with Gasteiger partial charge in [0.1, 0.15) is 0 Å². The fourth-order valence-corrected chi connectivity index (χ4v) is 3.28. The summed E-state index contributed by atoms with van der Waals surface area (Å²) < 4.78 is 11.2. The molecule has 1 saturated heterocycles.